The van der Waals surface area contributed by atoms with Crippen LogP contribution in [0.4, 0.5) is 0 Å². The van der Waals surface area contributed by atoms with Crippen LogP contribution in [-0.2, 0) is 11.3 Å². The molecule has 0 heterocycles. The number of ether oxygens (including phenoxy) is 1. The van der Waals surface area contributed by atoms with Crippen molar-refractivity contribution in [2.24, 2.45) is 0 Å². The Morgan fingerprint density at radius 2 is 2.06 bits per heavy atom. The van der Waals surface area contributed by atoms with Gasteiger partial charge in [-0.3, -0.25) is 4.79 Å². The van der Waals surface area contributed by atoms with Gasteiger partial charge in [-0.25, -0.2) is 0 Å². The minimum absolute atomic E-state index is 0.0314. The van der Waals surface area contributed by atoms with E-state index in [4.69, 9.17) is 9.84 Å². The molecule has 0 saturated carbocycles. The maximum atomic E-state index is 12.4. The summed E-state index contributed by atoms with van der Waals surface area (Å²) in [6.07, 6.45) is 0. The Morgan fingerprint density at radius 1 is 1.39 bits per heavy atom. The second-order valence-electron chi connectivity index (χ2n) is 4.41. The summed E-state index contributed by atoms with van der Waals surface area (Å²) < 4.78 is 5.10. The lowest BCUT2D eigenvalue weighted by Crippen LogP contribution is -2.39. The molecule has 18 heavy (non-hydrogen) atoms. The Morgan fingerprint density at radius 3 is 2.61 bits per heavy atom. The molecule has 0 atom stereocenters. The van der Waals surface area contributed by atoms with Gasteiger partial charge in [-0.2, -0.15) is 0 Å². The number of carbonyl (C=O) groups excluding carboxylic acids is 1. The van der Waals surface area contributed by atoms with Crippen LogP contribution >= 0.6 is 0 Å². The minimum Gasteiger partial charge on any atom is -0.395 e. The molecular formula is C14H21NO3. The van der Waals surface area contributed by atoms with E-state index in [9.17, 15) is 4.79 Å². The summed E-state index contributed by atoms with van der Waals surface area (Å²) in [7, 11) is 1.61. The molecule has 0 aliphatic rings. The minimum atomic E-state index is -0.0632. The molecule has 0 aliphatic heterocycles. The van der Waals surface area contributed by atoms with Gasteiger partial charge in [-0.1, -0.05) is 18.2 Å². The van der Waals surface area contributed by atoms with Gasteiger partial charge in [-0.15, -0.1) is 0 Å². The molecule has 0 fully saturated rings. The van der Waals surface area contributed by atoms with Crippen molar-refractivity contribution in [2.75, 3.05) is 20.3 Å². The van der Waals surface area contributed by atoms with E-state index in [1.807, 2.05) is 32.0 Å². The van der Waals surface area contributed by atoms with Crippen LogP contribution in [0.1, 0.15) is 29.8 Å². The van der Waals surface area contributed by atoms with Crippen LogP contribution in [0.3, 0.4) is 0 Å². The lowest BCUT2D eigenvalue weighted by molar-refractivity contribution is 0.0661. The normalized spacial score (nSPS) is 10.7. The maximum absolute atomic E-state index is 12.4. The van der Waals surface area contributed by atoms with Crippen molar-refractivity contribution >= 4 is 5.91 Å². The summed E-state index contributed by atoms with van der Waals surface area (Å²) in [6.45, 7) is 4.60. The Labute approximate surface area is 108 Å². The van der Waals surface area contributed by atoms with Gasteiger partial charge in [0.1, 0.15) is 0 Å². The van der Waals surface area contributed by atoms with Gasteiger partial charge in [0.15, 0.2) is 0 Å². The number of nitrogens with zero attached hydrogens (tertiary/aromatic N) is 1. The number of amides is 1. The highest BCUT2D eigenvalue weighted by atomic mass is 16.5. The molecule has 1 rings (SSSR count). The molecule has 0 aliphatic carbocycles. The summed E-state index contributed by atoms with van der Waals surface area (Å²) in [4.78, 5) is 14.1. The van der Waals surface area contributed by atoms with Crippen molar-refractivity contribution < 1.29 is 14.6 Å². The van der Waals surface area contributed by atoms with Gasteiger partial charge in [0.25, 0.3) is 5.91 Å². The number of hydrogen-bond acceptors (Lipinski definition) is 3. The van der Waals surface area contributed by atoms with Gasteiger partial charge in [0.2, 0.25) is 0 Å². The number of methoxy groups -OCH3 is 1. The fraction of sp³-hybridized carbons (Fsp3) is 0.500. The third-order valence-corrected chi connectivity index (χ3v) is 2.77. The number of benzene rings is 1. The zero-order valence-electron chi connectivity index (χ0n) is 11.2. The molecule has 0 spiro atoms. The first-order valence-electron chi connectivity index (χ1n) is 6.10. The first kappa shape index (κ1) is 14.7. The molecule has 1 N–H and O–H groups in total. The summed E-state index contributed by atoms with van der Waals surface area (Å²) in [5.74, 6) is -0.0632. The first-order valence-corrected chi connectivity index (χ1v) is 6.10. The topological polar surface area (TPSA) is 49.8 Å². The van der Waals surface area contributed by atoms with E-state index in [1.54, 1.807) is 18.1 Å². The lowest BCUT2D eigenvalue weighted by atomic mass is 10.1. The Kier molecular flexibility index (Phi) is 5.82. The van der Waals surface area contributed by atoms with Crippen molar-refractivity contribution in [3.63, 3.8) is 0 Å². The van der Waals surface area contributed by atoms with Crippen LogP contribution in [0.5, 0.6) is 0 Å². The molecule has 0 bridgehead atoms. The van der Waals surface area contributed by atoms with Crippen LogP contribution in [0.2, 0.25) is 0 Å². The average molecular weight is 251 g/mol. The summed E-state index contributed by atoms with van der Waals surface area (Å²) in [5.41, 5.74) is 1.51. The van der Waals surface area contributed by atoms with E-state index < -0.39 is 0 Å². The number of aliphatic hydroxyl groups excluding tert-OH is 1. The second-order valence-corrected chi connectivity index (χ2v) is 4.41. The monoisotopic (exact) mass is 251 g/mol. The molecule has 0 saturated heterocycles. The summed E-state index contributed by atoms with van der Waals surface area (Å²) in [5, 5.41) is 9.04. The molecule has 1 aromatic rings. The molecule has 1 aromatic carbocycles. The van der Waals surface area contributed by atoms with Crippen molar-refractivity contribution in [2.45, 2.75) is 26.5 Å². The highest BCUT2D eigenvalue weighted by Gasteiger charge is 2.20. The number of rotatable bonds is 6. The number of carbonyl (C=O) groups is 1. The predicted octanol–water partition coefficient (Wildman–Crippen LogP) is 1.68. The second kappa shape index (κ2) is 7.13. The zero-order chi connectivity index (χ0) is 13.5. The highest BCUT2D eigenvalue weighted by molar-refractivity contribution is 5.95. The molecule has 4 nitrogen and oxygen atoms in total. The summed E-state index contributed by atoms with van der Waals surface area (Å²) in [6, 6.07) is 7.46. The molecule has 0 aromatic heterocycles. The Bertz CT molecular complexity index is 390. The molecular weight excluding hydrogens is 230 g/mol. The Balaban J connectivity index is 3.00. The predicted molar refractivity (Wildman–Crippen MR) is 70.4 cm³/mol. The molecule has 100 valence electrons. The Hall–Kier alpha value is -1.39. The molecule has 1 amide bonds. The third kappa shape index (κ3) is 3.55. The standard InChI is InChI=1S/C14H21NO3/c1-11(2)15(8-9-16)14(17)13-7-5-4-6-12(13)10-18-3/h4-7,11,16H,8-10H2,1-3H3. The summed E-state index contributed by atoms with van der Waals surface area (Å²) >= 11 is 0. The maximum Gasteiger partial charge on any atom is 0.254 e. The average Bonchev–Trinajstić information content (AvgIpc) is 2.36. The van der Waals surface area contributed by atoms with Gasteiger partial charge in [0, 0.05) is 25.3 Å². The van der Waals surface area contributed by atoms with Gasteiger partial charge in [0.05, 0.1) is 13.2 Å². The largest absolute Gasteiger partial charge is 0.395 e. The fourth-order valence-corrected chi connectivity index (χ4v) is 1.87. The first-order chi connectivity index (χ1) is 8.61. The van der Waals surface area contributed by atoms with Crippen LogP contribution in [-0.4, -0.2) is 42.2 Å². The van der Waals surface area contributed by atoms with E-state index >= 15 is 0 Å². The van der Waals surface area contributed by atoms with Crippen LogP contribution in [0.15, 0.2) is 24.3 Å². The molecule has 4 heteroatoms. The van der Waals surface area contributed by atoms with Gasteiger partial charge < -0.3 is 14.7 Å². The van der Waals surface area contributed by atoms with Gasteiger partial charge >= 0.3 is 0 Å². The van der Waals surface area contributed by atoms with Gasteiger partial charge in [-0.05, 0) is 25.5 Å². The SMILES string of the molecule is COCc1ccccc1C(=O)N(CCO)C(C)C. The van der Waals surface area contributed by atoms with E-state index in [1.165, 1.54) is 0 Å². The van der Waals surface area contributed by atoms with E-state index in [-0.39, 0.29) is 18.6 Å². The van der Waals surface area contributed by atoms with Crippen LogP contribution in [0.25, 0.3) is 0 Å². The van der Waals surface area contributed by atoms with E-state index in [0.29, 0.717) is 18.7 Å². The van der Waals surface area contributed by atoms with Crippen molar-refractivity contribution in [1.29, 1.82) is 0 Å². The third-order valence-electron chi connectivity index (χ3n) is 2.77. The van der Waals surface area contributed by atoms with Crippen molar-refractivity contribution in [1.82, 2.24) is 4.90 Å². The van der Waals surface area contributed by atoms with Crippen molar-refractivity contribution in [3.05, 3.63) is 35.4 Å². The molecule has 0 unspecified atom stereocenters. The quantitative estimate of drug-likeness (QED) is 0.836. The van der Waals surface area contributed by atoms with Crippen LogP contribution in [0, 0.1) is 0 Å². The lowest BCUT2D eigenvalue weighted by Gasteiger charge is -2.26. The molecule has 0 radical (unpaired) electrons. The zero-order valence-corrected chi connectivity index (χ0v) is 11.2. The van der Waals surface area contributed by atoms with Crippen molar-refractivity contribution in [3.8, 4) is 0 Å². The van der Waals surface area contributed by atoms with E-state index in [2.05, 4.69) is 0 Å². The highest BCUT2D eigenvalue weighted by Crippen LogP contribution is 2.14. The fourth-order valence-electron chi connectivity index (χ4n) is 1.87. The van der Waals surface area contributed by atoms with E-state index in [0.717, 1.165) is 5.56 Å². The number of hydrogen-bond donors (Lipinski definition) is 1. The number of aliphatic hydroxyl groups is 1. The smallest absolute Gasteiger partial charge is 0.254 e. The van der Waals surface area contributed by atoms with Crippen LogP contribution < -0.4 is 0 Å².